The Morgan fingerprint density at radius 3 is 2.40 bits per heavy atom. The molecule has 10 nitrogen and oxygen atoms in total. The van der Waals surface area contributed by atoms with E-state index in [1.54, 1.807) is 0 Å². The quantitative estimate of drug-likeness (QED) is 0.360. The number of rotatable bonds is 7. The molecule has 2 fully saturated rings. The summed E-state index contributed by atoms with van der Waals surface area (Å²) in [7, 11) is -1.97. The number of thiol groups is 1. The Hall–Kier alpha value is -1.73. The lowest BCUT2D eigenvalue weighted by atomic mass is 10.2. The van der Waals surface area contributed by atoms with Gasteiger partial charge in [0.25, 0.3) is 0 Å². The Morgan fingerprint density at radius 2 is 1.83 bits per heavy atom. The number of cyclic esters (lactones) is 1. The number of sulfonamides is 1. The molecule has 2 aliphatic heterocycles. The maximum Gasteiger partial charge on any atom is 0.414 e. The number of amides is 2. The lowest BCUT2D eigenvalue weighted by Crippen LogP contribution is -2.49. The summed E-state index contributed by atoms with van der Waals surface area (Å²) in [5, 5.41) is 0.000763. The minimum atomic E-state index is -3.39. The molecule has 1 aromatic carbocycles. The average Bonchev–Trinajstić information content (AvgIpc) is 3.12. The third kappa shape index (κ3) is 5.30. The summed E-state index contributed by atoms with van der Waals surface area (Å²) in [6, 6.07) is 7.38. The van der Waals surface area contributed by atoms with E-state index in [2.05, 4.69) is 17.5 Å². The van der Waals surface area contributed by atoms with Crippen LogP contribution in [0.1, 0.15) is 0 Å². The van der Waals surface area contributed by atoms with E-state index in [0.29, 0.717) is 38.4 Å². The third-order valence-corrected chi connectivity index (χ3v) is 7.43. The maximum atomic E-state index is 12.2. The van der Waals surface area contributed by atoms with Crippen molar-refractivity contribution >= 4 is 57.0 Å². The molecule has 0 radical (unpaired) electrons. The predicted molar refractivity (Wildman–Crippen MR) is 116 cm³/mol. The van der Waals surface area contributed by atoms with E-state index in [0.717, 1.165) is 10.8 Å². The number of benzene rings is 1. The molecule has 30 heavy (non-hydrogen) atoms. The van der Waals surface area contributed by atoms with Crippen molar-refractivity contribution in [1.29, 1.82) is 0 Å². The largest absolute Gasteiger partial charge is 0.441 e. The number of halogens is 1. The van der Waals surface area contributed by atoms with Crippen molar-refractivity contribution in [3.63, 3.8) is 0 Å². The van der Waals surface area contributed by atoms with Crippen LogP contribution in [0.4, 0.5) is 21.0 Å². The first-order chi connectivity index (χ1) is 14.2. The maximum absolute atomic E-state index is 12.2. The van der Waals surface area contributed by atoms with Gasteiger partial charge in [-0.15, -0.1) is 11.6 Å². The number of carbonyl (C=O) groups is 2. The van der Waals surface area contributed by atoms with Crippen LogP contribution in [0.5, 0.6) is 0 Å². The van der Waals surface area contributed by atoms with Gasteiger partial charge in [0.2, 0.25) is 10.0 Å². The van der Waals surface area contributed by atoms with Gasteiger partial charge < -0.3 is 9.64 Å². The number of alkyl halides is 1. The van der Waals surface area contributed by atoms with Crippen molar-refractivity contribution in [2.45, 2.75) is 6.10 Å². The average molecular weight is 479 g/mol. The molecule has 0 aliphatic carbocycles. The Kier molecular flexibility index (Phi) is 7.34. The topological polar surface area (TPSA) is 99.7 Å². The second-order valence-corrected chi connectivity index (χ2v) is 9.75. The van der Waals surface area contributed by atoms with Crippen LogP contribution in [0, 0.1) is 0 Å². The number of hydrogen-bond donors (Lipinski definition) is 1. The highest BCUT2D eigenvalue weighted by Crippen LogP contribution is 2.26. The van der Waals surface area contributed by atoms with Crippen LogP contribution in [0.15, 0.2) is 24.3 Å². The summed E-state index contributed by atoms with van der Waals surface area (Å²) >= 11 is 9.16. The molecular weight excluding hydrogens is 456 g/mol. The fraction of sp³-hybridized carbons (Fsp3) is 0.529. The van der Waals surface area contributed by atoms with E-state index in [9.17, 15) is 18.0 Å². The molecule has 1 atom stereocenters. The van der Waals surface area contributed by atoms with Crippen LogP contribution < -0.4 is 9.80 Å². The van der Waals surface area contributed by atoms with Crippen LogP contribution in [0.3, 0.4) is 0 Å². The van der Waals surface area contributed by atoms with E-state index in [1.807, 2.05) is 24.3 Å². The van der Waals surface area contributed by atoms with Gasteiger partial charge in [0.15, 0.2) is 0 Å². The zero-order valence-electron chi connectivity index (χ0n) is 16.3. The fourth-order valence-corrected chi connectivity index (χ4v) is 4.54. The van der Waals surface area contributed by atoms with E-state index in [-0.39, 0.29) is 6.61 Å². The molecule has 166 valence electrons. The lowest BCUT2D eigenvalue weighted by Gasteiger charge is -2.35. The Balaban J connectivity index is 1.56. The number of nitrogens with zero attached hydrogens (tertiary/aromatic N) is 4. The highest BCUT2D eigenvalue weighted by atomic mass is 35.5. The Bertz CT molecular complexity index is 877. The first-order valence-electron chi connectivity index (χ1n) is 9.18. The summed E-state index contributed by atoms with van der Waals surface area (Å²) in [4.78, 5) is 32.0. The summed E-state index contributed by atoms with van der Waals surface area (Å²) < 4.78 is 30.4. The highest BCUT2D eigenvalue weighted by Gasteiger charge is 2.33. The second kappa shape index (κ2) is 9.60. The van der Waals surface area contributed by atoms with E-state index in [1.165, 1.54) is 16.3 Å². The van der Waals surface area contributed by atoms with E-state index >= 15 is 0 Å². The number of hydrogen-bond acceptors (Lipinski definition) is 7. The van der Waals surface area contributed by atoms with Crippen molar-refractivity contribution in [1.82, 2.24) is 9.37 Å². The van der Waals surface area contributed by atoms with Crippen LogP contribution in [-0.4, -0.2) is 86.8 Å². The molecule has 13 heteroatoms. The van der Waals surface area contributed by atoms with Gasteiger partial charge in [-0.1, -0.05) is 12.6 Å². The molecule has 0 unspecified atom stereocenters. The summed E-state index contributed by atoms with van der Waals surface area (Å²) in [6.45, 7) is 2.19. The second-order valence-electron chi connectivity index (χ2n) is 6.82. The number of ether oxygens (including phenoxy) is 1. The number of piperazine rings is 1. The molecule has 3 rings (SSSR count). The standard InChI is InChI=1S/C17H23ClN4O6S2/c1-19(17(24)29)27-11-15-10-22(16(23)28-15)14-4-2-13(3-5-14)20-6-8-21(9-7-20)30(25,26)12-18/h2-5,15H,6-12H2,1H3,(H,24,29)/t15-/m0/s1. The lowest BCUT2D eigenvalue weighted by molar-refractivity contribution is -0.113. The molecule has 1 aromatic rings. The molecule has 0 N–H and O–H groups in total. The third-order valence-electron chi connectivity index (χ3n) is 4.89. The molecule has 2 aliphatic rings. The Morgan fingerprint density at radius 1 is 1.23 bits per heavy atom. The van der Waals surface area contributed by atoms with Gasteiger partial charge in [0.05, 0.1) is 6.54 Å². The molecule has 0 saturated carbocycles. The first kappa shape index (κ1) is 22.9. The molecule has 2 heterocycles. The molecule has 0 bridgehead atoms. The summed E-state index contributed by atoms with van der Waals surface area (Å²) in [5.41, 5.74) is 1.61. The minimum absolute atomic E-state index is 0.0403. The monoisotopic (exact) mass is 478 g/mol. The normalized spacial score (nSPS) is 20.4. The molecule has 0 spiro atoms. The van der Waals surface area contributed by atoms with Gasteiger partial charge in [-0.2, -0.15) is 4.31 Å². The van der Waals surface area contributed by atoms with Crippen LogP contribution in [0.25, 0.3) is 0 Å². The summed E-state index contributed by atoms with van der Waals surface area (Å²) in [5.74, 6) is 0. The summed E-state index contributed by atoms with van der Waals surface area (Å²) in [6.07, 6.45) is -1.000. The van der Waals surface area contributed by atoms with Crippen LogP contribution >= 0.6 is 24.2 Å². The van der Waals surface area contributed by atoms with Gasteiger partial charge in [0.1, 0.15) is 17.9 Å². The SMILES string of the molecule is CN(OC[C@@H]1CN(c2ccc(N3CCN(S(=O)(=O)CCl)CC3)cc2)C(=O)O1)C(=O)S. The number of carbonyl (C=O) groups excluding carboxylic acids is 2. The zero-order valence-corrected chi connectivity index (χ0v) is 18.8. The van der Waals surface area contributed by atoms with Crippen molar-refractivity contribution in [2.24, 2.45) is 0 Å². The van der Waals surface area contributed by atoms with E-state index in [4.69, 9.17) is 21.2 Å². The molecule has 2 amide bonds. The Labute approximate surface area is 185 Å². The fourth-order valence-electron chi connectivity index (χ4n) is 3.21. The van der Waals surface area contributed by atoms with Crippen LogP contribution in [0.2, 0.25) is 0 Å². The van der Waals surface area contributed by atoms with E-state index < -0.39 is 32.7 Å². The molecule has 0 aromatic heterocycles. The number of anilines is 2. The van der Waals surface area contributed by atoms with Crippen molar-refractivity contribution in [2.75, 3.05) is 61.4 Å². The zero-order chi connectivity index (χ0) is 21.9. The van der Waals surface area contributed by atoms with Crippen molar-refractivity contribution in [3.8, 4) is 0 Å². The minimum Gasteiger partial charge on any atom is -0.441 e. The van der Waals surface area contributed by atoms with Gasteiger partial charge in [-0.3, -0.25) is 14.5 Å². The first-order valence-corrected chi connectivity index (χ1v) is 11.8. The van der Waals surface area contributed by atoms with Gasteiger partial charge in [-0.05, 0) is 24.3 Å². The number of hydroxylamine groups is 2. The van der Waals surface area contributed by atoms with Crippen molar-refractivity contribution < 1.29 is 27.6 Å². The van der Waals surface area contributed by atoms with Crippen molar-refractivity contribution in [3.05, 3.63) is 24.3 Å². The van der Waals surface area contributed by atoms with Gasteiger partial charge in [0, 0.05) is 44.6 Å². The van der Waals surface area contributed by atoms with Gasteiger partial charge >= 0.3 is 11.3 Å². The molecular formula is C17H23ClN4O6S2. The van der Waals surface area contributed by atoms with Crippen LogP contribution in [-0.2, 0) is 19.6 Å². The predicted octanol–water partition coefficient (Wildman–Crippen LogP) is 1.57. The molecule has 2 saturated heterocycles. The van der Waals surface area contributed by atoms with Gasteiger partial charge in [-0.25, -0.2) is 18.3 Å². The highest BCUT2D eigenvalue weighted by molar-refractivity contribution is 7.96. The smallest absolute Gasteiger partial charge is 0.414 e.